The third kappa shape index (κ3) is 3.88. The quantitative estimate of drug-likeness (QED) is 0.673. The predicted octanol–water partition coefficient (Wildman–Crippen LogP) is 3.64. The van der Waals surface area contributed by atoms with E-state index >= 15 is 0 Å². The number of benzene rings is 2. The maximum Gasteiger partial charge on any atom is 0.263 e. The highest BCUT2D eigenvalue weighted by atomic mass is 32.2. The molecule has 7 nitrogen and oxygen atoms in total. The summed E-state index contributed by atoms with van der Waals surface area (Å²) >= 11 is 1.16. The Hall–Kier alpha value is -2.65. The van der Waals surface area contributed by atoms with Crippen molar-refractivity contribution in [2.45, 2.75) is 18.7 Å². The summed E-state index contributed by atoms with van der Waals surface area (Å²) in [6.45, 7) is 3.56. The van der Waals surface area contributed by atoms with Crippen molar-refractivity contribution in [2.24, 2.45) is 0 Å². The summed E-state index contributed by atoms with van der Waals surface area (Å²) in [4.78, 5) is 0.182. The van der Waals surface area contributed by atoms with Gasteiger partial charge in [0.25, 0.3) is 10.0 Å². The van der Waals surface area contributed by atoms with Crippen molar-refractivity contribution in [2.75, 3.05) is 18.9 Å². The van der Waals surface area contributed by atoms with E-state index in [-0.39, 0.29) is 10.0 Å². The monoisotopic (exact) mass is 405 g/mol. The van der Waals surface area contributed by atoms with Crippen LogP contribution in [0.5, 0.6) is 11.5 Å². The van der Waals surface area contributed by atoms with Crippen LogP contribution in [-0.4, -0.2) is 32.8 Å². The first-order chi connectivity index (χ1) is 12.9. The summed E-state index contributed by atoms with van der Waals surface area (Å²) in [5.74, 6) is 1.37. The van der Waals surface area contributed by atoms with Crippen LogP contribution in [0.3, 0.4) is 0 Å². The lowest BCUT2D eigenvalue weighted by atomic mass is 10.1. The van der Waals surface area contributed by atoms with Crippen LogP contribution in [0.4, 0.5) is 5.13 Å². The van der Waals surface area contributed by atoms with Gasteiger partial charge < -0.3 is 9.47 Å². The number of ether oxygens (including phenoxy) is 2. The molecule has 0 spiro atoms. The van der Waals surface area contributed by atoms with Gasteiger partial charge in [-0.3, -0.25) is 4.72 Å². The normalized spacial score (nSPS) is 11.3. The molecule has 3 rings (SSSR count). The molecule has 142 valence electrons. The number of anilines is 1. The third-order valence-corrected chi connectivity index (χ3v) is 6.68. The van der Waals surface area contributed by atoms with Crippen LogP contribution >= 0.6 is 11.3 Å². The SMILES string of the molecule is COc1ccc(-c2nnc(NS(=O)(=O)c3ccc(OC)c(C)c3C)s2)cc1. The van der Waals surface area contributed by atoms with E-state index < -0.39 is 10.0 Å². The van der Waals surface area contributed by atoms with Gasteiger partial charge in [-0.15, -0.1) is 10.2 Å². The standard InChI is InChI=1S/C18H19N3O4S2/c1-11-12(2)16(10-9-15(11)25-4)27(22,23)21-18-20-19-17(26-18)13-5-7-14(24-3)8-6-13/h5-10H,1-4H3,(H,20,21). The van der Waals surface area contributed by atoms with Gasteiger partial charge >= 0.3 is 0 Å². The molecule has 1 heterocycles. The molecule has 0 aliphatic heterocycles. The minimum Gasteiger partial charge on any atom is -0.497 e. The summed E-state index contributed by atoms with van der Waals surface area (Å²) in [6.07, 6.45) is 0. The van der Waals surface area contributed by atoms with Crippen LogP contribution in [0.1, 0.15) is 11.1 Å². The van der Waals surface area contributed by atoms with Gasteiger partial charge in [-0.1, -0.05) is 11.3 Å². The number of rotatable bonds is 6. The molecule has 3 aromatic rings. The van der Waals surface area contributed by atoms with Crippen LogP contribution in [0.15, 0.2) is 41.3 Å². The number of nitrogens with zero attached hydrogens (tertiary/aromatic N) is 2. The molecule has 0 saturated carbocycles. The smallest absolute Gasteiger partial charge is 0.263 e. The van der Waals surface area contributed by atoms with Crippen LogP contribution in [0.25, 0.3) is 10.6 Å². The van der Waals surface area contributed by atoms with Crippen molar-refractivity contribution in [1.29, 1.82) is 0 Å². The fourth-order valence-electron chi connectivity index (χ4n) is 2.57. The molecule has 1 aromatic heterocycles. The second-order valence-electron chi connectivity index (χ2n) is 5.76. The Morgan fingerprint density at radius 2 is 1.63 bits per heavy atom. The maximum atomic E-state index is 12.8. The van der Waals surface area contributed by atoms with Crippen molar-refractivity contribution in [3.05, 3.63) is 47.5 Å². The molecular formula is C18H19N3O4S2. The predicted molar refractivity (Wildman–Crippen MR) is 105 cm³/mol. The molecule has 27 heavy (non-hydrogen) atoms. The van der Waals surface area contributed by atoms with Crippen molar-refractivity contribution in [3.8, 4) is 22.1 Å². The van der Waals surface area contributed by atoms with Gasteiger partial charge in [-0.2, -0.15) is 0 Å². The van der Waals surface area contributed by atoms with Crippen LogP contribution in [-0.2, 0) is 10.0 Å². The third-order valence-electron chi connectivity index (χ3n) is 4.18. The largest absolute Gasteiger partial charge is 0.497 e. The lowest BCUT2D eigenvalue weighted by Gasteiger charge is -2.13. The lowest BCUT2D eigenvalue weighted by molar-refractivity contribution is 0.410. The van der Waals surface area contributed by atoms with Crippen LogP contribution in [0.2, 0.25) is 0 Å². The minimum atomic E-state index is -3.79. The Balaban J connectivity index is 1.87. The van der Waals surface area contributed by atoms with E-state index in [0.717, 1.165) is 28.2 Å². The average Bonchev–Trinajstić information content (AvgIpc) is 3.11. The van der Waals surface area contributed by atoms with Gasteiger partial charge in [0.05, 0.1) is 19.1 Å². The number of sulfonamides is 1. The molecule has 0 bridgehead atoms. The zero-order valence-corrected chi connectivity index (χ0v) is 16.9. The molecule has 0 aliphatic rings. The van der Waals surface area contributed by atoms with Crippen molar-refractivity contribution < 1.29 is 17.9 Å². The number of hydrogen-bond acceptors (Lipinski definition) is 7. The van der Waals surface area contributed by atoms with E-state index in [1.54, 1.807) is 27.2 Å². The summed E-state index contributed by atoms with van der Waals surface area (Å²) in [5, 5.41) is 8.83. The number of hydrogen-bond donors (Lipinski definition) is 1. The van der Waals surface area contributed by atoms with E-state index in [9.17, 15) is 8.42 Å². The van der Waals surface area contributed by atoms with Crippen molar-refractivity contribution in [3.63, 3.8) is 0 Å². The van der Waals surface area contributed by atoms with E-state index in [1.807, 2.05) is 31.2 Å². The Morgan fingerprint density at radius 1 is 0.926 bits per heavy atom. The van der Waals surface area contributed by atoms with E-state index in [2.05, 4.69) is 14.9 Å². The molecule has 0 atom stereocenters. The molecule has 0 amide bonds. The minimum absolute atomic E-state index is 0.182. The summed E-state index contributed by atoms with van der Waals surface area (Å²) in [7, 11) is -0.644. The molecule has 9 heteroatoms. The summed E-state index contributed by atoms with van der Waals surface area (Å²) in [6, 6.07) is 10.5. The molecule has 1 N–H and O–H groups in total. The second-order valence-corrected chi connectivity index (χ2v) is 8.39. The number of methoxy groups -OCH3 is 2. The maximum absolute atomic E-state index is 12.8. The molecule has 0 saturated heterocycles. The van der Waals surface area contributed by atoms with E-state index in [0.29, 0.717) is 16.3 Å². The van der Waals surface area contributed by atoms with Gasteiger partial charge in [0.1, 0.15) is 16.5 Å². The first-order valence-electron chi connectivity index (χ1n) is 8.00. The zero-order chi connectivity index (χ0) is 19.6. The topological polar surface area (TPSA) is 90.4 Å². The average molecular weight is 406 g/mol. The van der Waals surface area contributed by atoms with Gasteiger partial charge in [-0.05, 0) is 61.4 Å². The first-order valence-corrected chi connectivity index (χ1v) is 10.3. The summed E-state index contributed by atoms with van der Waals surface area (Å²) < 4.78 is 38.4. The molecule has 0 aliphatic carbocycles. The molecular weight excluding hydrogens is 386 g/mol. The zero-order valence-electron chi connectivity index (χ0n) is 15.3. The van der Waals surface area contributed by atoms with Crippen LogP contribution < -0.4 is 14.2 Å². The Kier molecular flexibility index (Phi) is 5.33. The highest BCUT2D eigenvalue weighted by Crippen LogP contribution is 2.31. The number of nitrogens with one attached hydrogen (secondary N) is 1. The fourth-order valence-corrected chi connectivity index (χ4v) is 4.85. The Morgan fingerprint density at radius 3 is 2.26 bits per heavy atom. The lowest BCUT2D eigenvalue weighted by Crippen LogP contribution is -2.14. The first kappa shape index (κ1) is 19.1. The highest BCUT2D eigenvalue weighted by Gasteiger charge is 2.21. The van der Waals surface area contributed by atoms with Crippen molar-refractivity contribution in [1.82, 2.24) is 10.2 Å². The van der Waals surface area contributed by atoms with Gasteiger partial charge in [0.2, 0.25) is 5.13 Å². The van der Waals surface area contributed by atoms with Crippen molar-refractivity contribution >= 4 is 26.5 Å². The molecule has 0 radical (unpaired) electrons. The number of aromatic nitrogens is 2. The van der Waals surface area contributed by atoms with Gasteiger partial charge in [-0.25, -0.2) is 8.42 Å². The Labute approximate surface area is 162 Å². The van der Waals surface area contributed by atoms with Gasteiger partial charge in [0, 0.05) is 5.56 Å². The van der Waals surface area contributed by atoms with Crippen LogP contribution in [0, 0.1) is 13.8 Å². The molecule has 2 aromatic carbocycles. The fraction of sp³-hybridized carbons (Fsp3) is 0.222. The van der Waals surface area contributed by atoms with Gasteiger partial charge in [0.15, 0.2) is 0 Å². The second kappa shape index (κ2) is 7.53. The molecule has 0 unspecified atom stereocenters. The van der Waals surface area contributed by atoms with E-state index in [4.69, 9.17) is 9.47 Å². The molecule has 0 fully saturated rings. The summed E-state index contributed by atoms with van der Waals surface area (Å²) in [5.41, 5.74) is 2.23. The van der Waals surface area contributed by atoms with E-state index in [1.165, 1.54) is 6.07 Å². The highest BCUT2D eigenvalue weighted by molar-refractivity contribution is 7.93. The Bertz CT molecular complexity index is 1060.